The summed E-state index contributed by atoms with van der Waals surface area (Å²) >= 11 is 0. The first-order chi connectivity index (χ1) is 8.49. The van der Waals surface area contributed by atoms with E-state index in [4.69, 9.17) is 4.74 Å². The molecule has 100 valence electrons. The van der Waals surface area contributed by atoms with E-state index in [-0.39, 0.29) is 24.1 Å². The van der Waals surface area contributed by atoms with Crippen LogP contribution in [0.15, 0.2) is 23.8 Å². The maximum atomic E-state index is 11.5. The number of rotatable bonds is 3. The molecule has 0 amide bonds. The second-order valence-electron chi connectivity index (χ2n) is 5.61. The van der Waals surface area contributed by atoms with Gasteiger partial charge in [0.15, 0.2) is 0 Å². The Bertz CT molecular complexity index is 381. The Labute approximate surface area is 109 Å². The number of hydrogen-bond acceptors (Lipinski definition) is 3. The van der Waals surface area contributed by atoms with Gasteiger partial charge in [0.25, 0.3) is 0 Å². The summed E-state index contributed by atoms with van der Waals surface area (Å²) in [6.45, 7) is 7.83. The molecular formula is C15H22O3. The van der Waals surface area contributed by atoms with Crippen molar-refractivity contribution in [1.29, 1.82) is 0 Å². The Hall–Kier alpha value is -1.09. The average Bonchev–Trinajstić information content (AvgIpc) is 2.46. The highest BCUT2D eigenvalue weighted by Gasteiger charge is 2.40. The Kier molecular flexibility index (Phi) is 3.91. The highest BCUT2D eigenvalue weighted by Crippen LogP contribution is 2.39. The van der Waals surface area contributed by atoms with E-state index in [0.29, 0.717) is 11.5 Å². The molecule has 18 heavy (non-hydrogen) atoms. The molecule has 4 atom stereocenters. The second-order valence-corrected chi connectivity index (χ2v) is 5.61. The van der Waals surface area contributed by atoms with Crippen molar-refractivity contribution >= 4 is 5.97 Å². The van der Waals surface area contributed by atoms with E-state index < -0.39 is 0 Å². The van der Waals surface area contributed by atoms with Crippen LogP contribution in [0.4, 0.5) is 0 Å². The van der Waals surface area contributed by atoms with Crippen LogP contribution in [0.1, 0.15) is 39.5 Å². The first-order valence-electron chi connectivity index (χ1n) is 6.75. The first-order valence-corrected chi connectivity index (χ1v) is 6.75. The van der Waals surface area contributed by atoms with Gasteiger partial charge in [-0.15, -0.1) is 0 Å². The van der Waals surface area contributed by atoms with Crippen molar-refractivity contribution in [2.45, 2.75) is 51.7 Å². The van der Waals surface area contributed by atoms with Crippen molar-refractivity contribution in [3.63, 3.8) is 0 Å². The molecule has 1 N–H and O–H groups in total. The predicted octanol–water partition coefficient (Wildman–Crippen LogP) is 2.60. The molecule has 1 aliphatic heterocycles. The molecule has 3 heteroatoms. The fourth-order valence-corrected chi connectivity index (χ4v) is 2.88. The van der Waals surface area contributed by atoms with Crippen LogP contribution >= 0.6 is 0 Å². The van der Waals surface area contributed by atoms with Gasteiger partial charge in [-0.1, -0.05) is 25.2 Å². The molecule has 1 aliphatic carbocycles. The van der Waals surface area contributed by atoms with E-state index in [2.05, 4.69) is 19.6 Å². The Morgan fingerprint density at radius 1 is 1.61 bits per heavy atom. The molecule has 1 fully saturated rings. The molecule has 1 saturated heterocycles. The third kappa shape index (κ3) is 2.66. The summed E-state index contributed by atoms with van der Waals surface area (Å²) in [7, 11) is 0. The highest BCUT2D eigenvalue weighted by atomic mass is 16.6. The van der Waals surface area contributed by atoms with Crippen LogP contribution in [0.2, 0.25) is 0 Å². The van der Waals surface area contributed by atoms with Crippen molar-refractivity contribution in [3.8, 4) is 0 Å². The van der Waals surface area contributed by atoms with Gasteiger partial charge >= 0.3 is 5.97 Å². The number of carbonyl (C=O) groups is 1. The zero-order valence-electron chi connectivity index (χ0n) is 11.2. The lowest BCUT2D eigenvalue weighted by Crippen LogP contribution is -2.17. The summed E-state index contributed by atoms with van der Waals surface area (Å²) in [6, 6.07) is 0. The van der Waals surface area contributed by atoms with Gasteiger partial charge < -0.3 is 9.84 Å². The number of esters is 1. The van der Waals surface area contributed by atoms with E-state index in [1.165, 1.54) is 5.57 Å². The number of allylic oxidation sites excluding steroid dienone is 2. The Morgan fingerprint density at radius 2 is 2.33 bits per heavy atom. The fourth-order valence-electron chi connectivity index (χ4n) is 2.88. The van der Waals surface area contributed by atoms with Gasteiger partial charge in [-0.05, 0) is 38.5 Å². The largest absolute Gasteiger partial charge is 0.458 e. The van der Waals surface area contributed by atoms with Gasteiger partial charge in [0.2, 0.25) is 0 Å². The van der Waals surface area contributed by atoms with Crippen LogP contribution in [0.5, 0.6) is 0 Å². The quantitative estimate of drug-likeness (QED) is 0.476. The van der Waals surface area contributed by atoms with Crippen LogP contribution in [0.3, 0.4) is 0 Å². The first kappa shape index (κ1) is 13.3. The van der Waals surface area contributed by atoms with Crippen molar-refractivity contribution in [1.82, 2.24) is 0 Å². The standard InChI is InChI=1S/C15H22O3/c1-9-8-14-13(11(3)15(17)18-14)7-6-12(9)5-4-10(2)16/h6,9-10,13-14,16H,3-5,7-8H2,1-2H3/t9-,10?,13-,14+/m1/s1. The molecule has 1 unspecified atom stereocenters. The van der Waals surface area contributed by atoms with Crippen molar-refractivity contribution in [2.24, 2.45) is 11.8 Å². The molecule has 0 saturated carbocycles. The third-order valence-electron chi connectivity index (χ3n) is 4.12. The molecule has 0 aromatic heterocycles. The minimum Gasteiger partial charge on any atom is -0.458 e. The molecule has 3 nitrogen and oxygen atoms in total. The summed E-state index contributed by atoms with van der Waals surface area (Å²) in [6.07, 6.45) is 5.42. The maximum absolute atomic E-state index is 11.5. The topological polar surface area (TPSA) is 46.5 Å². The lowest BCUT2D eigenvalue weighted by atomic mass is 9.90. The predicted molar refractivity (Wildman–Crippen MR) is 69.9 cm³/mol. The average molecular weight is 250 g/mol. The monoisotopic (exact) mass is 250 g/mol. The van der Waals surface area contributed by atoms with Gasteiger partial charge in [-0.25, -0.2) is 4.79 Å². The van der Waals surface area contributed by atoms with Crippen molar-refractivity contribution < 1.29 is 14.6 Å². The molecule has 0 spiro atoms. The Balaban J connectivity index is 2.06. The molecule has 0 aromatic rings. The number of aliphatic hydroxyl groups excluding tert-OH is 1. The molecule has 1 heterocycles. The van der Waals surface area contributed by atoms with Gasteiger partial charge in [0, 0.05) is 11.5 Å². The number of hydrogen-bond donors (Lipinski definition) is 1. The summed E-state index contributed by atoms with van der Waals surface area (Å²) in [5.41, 5.74) is 2.01. The van der Waals surface area contributed by atoms with Gasteiger partial charge in [0.05, 0.1) is 6.10 Å². The minimum absolute atomic E-state index is 0.000278. The van der Waals surface area contributed by atoms with Crippen LogP contribution in [0.25, 0.3) is 0 Å². The molecule has 0 aromatic carbocycles. The second kappa shape index (κ2) is 5.27. The van der Waals surface area contributed by atoms with Gasteiger partial charge in [-0.2, -0.15) is 0 Å². The maximum Gasteiger partial charge on any atom is 0.334 e. The summed E-state index contributed by atoms with van der Waals surface area (Å²) in [5.74, 6) is 0.347. The SMILES string of the molecule is C=C1C(=O)O[C@H]2C[C@@H](C)C(CCC(C)O)=CC[C@H]12. The number of fused-ring (bicyclic) bond motifs is 1. The molecule has 0 bridgehead atoms. The number of aliphatic hydroxyl groups is 1. The molecule has 2 rings (SSSR count). The highest BCUT2D eigenvalue weighted by molar-refractivity contribution is 5.90. The summed E-state index contributed by atoms with van der Waals surface area (Å²) in [5, 5.41) is 9.37. The van der Waals surface area contributed by atoms with Crippen molar-refractivity contribution in [3.05, 3.63) is 23.8 Å². The van der Waals surface area contributed by atoms with Crippen LogP contribution in [-0.2, 0) is 9.53 Å². The Morgan fingerprint density at radius 3 is 3.00 bits per heavy atom. The van der Waals surface area contributed by atoms with Gasteiger partial charge in [0.1, 0.15) is 6.10 Å². The van der Waals surface area contributed by atoms with E-state index in [1.54, 1.807) is 0 Å². The summed E-state index contributed by atoms with van der Waals surface area (Å²) in [4.78, 5) is 11.5. The zero-order chi connectivity index (χ0) is 13.3. The summed E-state index contributed by atoms with van der Waals surface area (Å²) < 4.78 is 5.38. The lowest BCUT2D eigenvalue weighted by molar-refractivity contribution is -0.139. The normalized spacial score (nSPS) is 33.5. The number of carbonyl (C=O) groups excluding carboxylic acids is 1. The van der Waals surface area contributed by atoms with Crippen LogP contribution in [0, 0.1) is 11.8 Å². The minimum atomic E-state index is -0.256. The van der Waals surface area contributed by atoms with Crippen LogP contribution < -0.4 is 0 Å². The molecular weight excluding hydrogens is 228 g/mol. The fraction of sp³-hybridized carbons (Fsp3) is 0.667. The molecule has 2 aliphatic rings. The van der Waals surface area contributed by atoms with E-state index in [1.807, 2.05) is 6.92 Å². The van der Waals surface area contributed by atoms with E-state index in [0.717, 1.165) is 25.7 Å². The molecule has 0 radical (unpaired) electrons. The lowest BCUT2D eigenvalue weighted by Gasteiger charge is -2.18. The smallest absolute Gasteiger partial charge is 0.334 e. The zero-order valence-corrected chi connectivity index (χ0v) is 11.2. The van der Waals surface area contributed by atoms with E-state index >= 15 is 0 Å². The van der Waals surface area contributed by atoms with Crippen molar-refractivity contribution in [2.75, 3.05) is 0 Å². The van der Waals surface area contributed by atoms with Gasteiger partial charge in [-0.3, -0.25) is 0 Å². The third-order valence-corrected chi connectivity index (χ3v) is 4.12. The number of ether oxygens (including phenoxy) is 1. The van der Waals surface area contributed by atoms with Crippen LogP contribution in [-0.4, -0.2) is 23.3 Å². The van der Waals surface area contributed by atoms with E-state index in [9.17, 15) is 9.90 Å².